The van der Waals surface area contributed by atoms with E-state index in [2.05, 4.69) is 4.98 Å². The van der Waals surface area contributed by atoms with Crippen LogP contribution in [0.4, 0.5) is 5.69 Å². The standard InChI is InChI=1S/C9H14N2O/c1-6(2)12-9-4-7(3)8(10)5-11-9/h4-6H,10H2,1-3H3. The van der Waals surface area contributed by atoms with Crippen LogP contribution in [0.25, 0.3) is 0 Å². The zero-order chi connectivity index (χ0) is 9.14. The smallest absolute Gasteiger partial charge is 0.213 e. The van der Waals surface area contributed by atoms with Gasteiger partial charge in [-0.15, -0.1) is 0 Å². The monoisotopic (exact) mass is 166 g/mol. The number of nitrogen functional groups attached to an aromatic ring is 1. The van der Waals surface area contributed by atoms with Crippen molar-refractivity contribution in [2.24, 2.45) is 0 Å². The molecule has 0 fully saturated rings. The number of pyridine rings is 1. The molecule has 0 aliphatic rings. The Balaban J connectivity index is 2.82. The SMILES string of the molecule is Cc1cc(OC(C)C)ncc1N. The number of anilines is 1. The third-order valence-corrected chi connectivity index (χ3v) is 1.48. The lowest BCUT2D eigenvalue weighted by atomic mass is 10.2. The predicted molar refractivity (Wildman–Crippen MR) is 49.2 cm³/mol. The Labute approximate surface area is 72.6 Å². The van der Waals surface area contributed by atoms with Gasteiger partial charge in [-0.3, -0.25) is 0 Å². The molecule has 0 spiro atoms. The van der Waals surface area contributed by atoms with Crippen molar-refractivity contribution in [3.63, 3.8) is 0 Å². The summed E-state index contributed by atoms with van der Waals surface area (Å²) in [5, 5.41) is 0. The van der Waals surface area contributed by atoms with E-state index in [-0.39, 0.29) is 6.10 Å². The number of hydrogen-bond donors (Lipinski definition) is 1. The van der Waals surface area contributed by atoms with Gasteiger partial charge < -0.3 is 10.5 Å². The van der Waals surface area contributed by atoms with Crippen LogP contribution in [0.5, 0.6) is 5.88 Å². The maximum absolute atomic E-state index is 5.60. The van der Waals surface area contributed by atoms with Crippen molar-refractivity contribution in [2.75, 3.05) is 5.73 Å². The maximum Gasteiger partial charge on any atom is 0.213 e. The molecule has 3 nitrogen and oxygen atoms in total. The molecule has 1 rings (SSSR count). The second-order valence-electron chi connectivity index (χ2n) is 3.05. The molecule has 1 heterocycles. The van der Waals surface area contributed by atoms with E-state index in [9.17, 15) is 0 Å². The molecular weight excluding hydrogens is 152 g/mol. The van der Waals surface area contributed by atoms with Crippen LogP contribution in [0.15, 0.2) is 12.3 Å². The van der Waals surface area contributed by atoms with Crippen molar-refractivity contribution in [1.29, 1.82) is 0 Å². The molecule has 0 amide bonds. The molecule has 2 N–H and O–H groups in total. The Morgan fingerprint density at radius 3 is 2.67 bits per heavy atom. The lowest BCUT2D eigenvalue weighted by Gasteiger charge is -2.09. The highest BCUT2D eigenvalue weighted by molar-refractivity contribution is 5.45. The molecule has 0 atom stereocenters. The number of rotatable bonds is 2. The first kappa shape index (κ1) is 8.84. The minimum atomic E-state index is 0.153. The second-order valence-corrected chi connectivity index (χ2v) is 3.05. The number of aryl methyl sites for hydroxylation is 1. The first-order valence-corrected chi connectivity index (χ1v) is 3.98. The molecule has 0 radical (unpaired) electrons. The fraction of sp³-hybridized carbons (Fsp3) is 0.444. The number of nitrogens with two attached hydrogens (primary N) is 1. The zero-order valence-electron chi connectivity index (χ0n) is 7.66. The molecule has 0 saturated carbocycles. The minimum absolute atomic E-state index is 0.153. The van der Waals surface area contributed by atoms with Crippen molar-refractivity contribution in [3.05, 3.63) is 17.8 Å². The van der Waals surface area contributed by atoms with E-state index >= 15 is 0 Å². The average molecular weight is 166 g/mol. The Morgan fingerprint density at radius 2 is 2.17 bits per heavy atom. The summed E-state index contributed by atoms with van der Waals surface area (Å²) in [5.74, 6) is 0.636. The second kappa shape index (κ2) is 3.43. The Bertz CT molecular complexity index is 271. The summed E-state index contributed by atoms with van der Waals surface area (Å²) in [4.78, 5) is 4.03. The summed E-state index contributed by atoms with van der Waals surface area (Å²) in [6.07, 6.45) is 1.77. The number of aromatic nitrogens is 1. The zero-order valence-corrected chi connectivity index (χ0v) is 7.66. The van der Waals surface area contributed by atoms with E-state index in [1.54, 1.807) is 6.20 Å². The van der Waals surface area contributed by atoms with E-state index in [1.807, 2.05) is 26.8 Å². The van der Waals surface area contributed by atoms with Crippen molar-refractivity contribution in [1.82, 2.24) is 4.98 Å². The number of hydrogen-bond acceptors (Lipinski definition) is 3. The molecular formula is C9H14N2O. The first-order chi connectivity index (χ1) is 5.59. The molecule has 66 valence electrons. The lowest BCUT2D eigenvalue weighted by Crippen LogP contribution is -2.07. The van der Waals surface area contributed by atoms with Crippen molar-refractivity contribution in [3.8, 4) is 5.88 Å². The van der Waals surface area contributed by atoms with Gasteiger partial charge in [0.1, 0.15) is 0 Å². The van der Waals surface area contributed by atoms with Crippen molar-refractivity contribution < 1.29 is 4.74 Å². The van der Waals surface area contributed by atoms with E-state index in [4.69, 9.17) is 10.5 Å². The summed E-state index contributed by atoms with van der Waals surface area (Å²) < 4.78 is 5.38. The van der Waals surface area contributed by atoms with E-state index in [1.165, 1.54) is 0 Å². The van der Waals surface area contributed by atoms with Crippen LogP contribution in [-0.2, 0) is 0 Å². The van der Waals surface area contributed by atoms with E-state index < -0.39 is 0 Å². The third kappa shape index (κ3) is 2.12. The van der Waals surface area contributed by atoms with Crippen molar-refractivity contribution >= 4 is 5.69 Å². The predicted octanol–water partition coefficient (Wildman–Crippen LogP) is 1.76. The van der Waals surface area contributed by atoms with Crippen LogP contribution in [-0.4, -0.2) is 11.1 Å². The van der Waals surface area contributed by atoms with Gasteiger partial charge in [-0.05, 0) is 26.3 Å². The third-order valence-electron chi connectivity index (χ3n) is 1.48. The minimum Gasteiger partial charge on any atom is -0.475 e. The molecule has 12 heavy (non-hydrogen) atoms. The molecule has 0 bridgehead atoms. The summed E-state index contributed by atoms with van der Waals surface area (Å²) >= 11 is 0. The molecule has 0 aliphatic carbocycles. The Morgan fingerprint density at radius 1 is 1.50 bits per heavy atom. The fourth-order valence-corrected chi connectivity index (χ4v) is 0.847. The van der Waals surface area contributed by atoms with Gasteiger partial charge >= 0.3 is 0 Å². The van der Waals surface area contributed by atoms with Gasteiger partial charge in [0.25, 0.3) is 0 Å². The molecule has 0 aliphatic heterocycles. The largest absolute Gasteiger partial charge is 0.475 e. The lowest BCUT2D eigenvalue weighted by molar-refractivity contribution is 0.232. The van der Waals surface area contributed by atoms with Crippen LogP contribution >= 0.6 is 0 Å². The van der Waals surface area contributed by atoms with E-state index in [0.717, 1.165) is 5.56 Å². The number of nitrogens with zero attached hydrogens (tertiary/aromatic N) is 1. The van der Waals surface area contributed by atoms with Crippen LogP contribution < -0.4 is 10.5 Å². The van der Waals surface area contributed by atoms with Gasteiger partial charge in [0.2, 0.25) is 5.88 Å². The van der Waals surface area contributed by atoms with Crippen LogP contribution in [0.1, 0.15) is 19.4 Å². The van der Waals surface area contributed by atoms with Gasteiger partial charge in [0.15, 0.2) is 0 Å². The molecule has 1 aromatic heterocycles. The first-order valence-electron chi connectivity index (χ1n) is 3.98. The Kier molecular flexibility index (Phi) is 2.53. The Hall–Kier alpha value is -1.25. The number of ether oxygens (including phenoxy) is 1. The topological polar surface area (TPSA) is 48.1 Å². The van der Waals surface area contributed by atoms with Crippen LogP contribution in [0.2, 0.25) is 0 Å². The summed E-state index contributed by atoms with van der Waals surface area (Å²) in [7, 11) is 0. The highest BCUT2D eigenvalue weighted by Crippen LogP contribution is 2.15. The molecule has 3 heteroatoms. The van der Waals surface area contributed by atoms with Crippen molar-refractivity contribution in [2.45, 2.75) is 26.9 Å². The van der Waals surface area contributed by atoms with Crippen LogP contribution in [0, 0.1) is 6.92 Å². The van der Waals surface area contributed by atoms with Gasteiger partial charge in [-0.25, -0.2) is 4.98 Å². The molecule has 0 unspecified atom stereocenters. The molecule has 0 aromatic carbocycles. The average Bonchev–Trinajstić information content (AvgIpc) is 1.96. The summed E-state index contributed by atoms with van der Waals surface area (Å²) in [5.41, 5.74) is 7.30. The quantitative estimate of drug-likeness (QED) is 0.728. The fourth-order valence-electron chi connectivity index (χ4n) is 0.847. The summed E-state index contributed by atoms with van der Waals surface area (Å²) in [6.45, 7) is 5.87. The van der Waals surface area contributed by atoms with Gasteiger partial charge in [-0.1, -0.05) is 0 Å². The van der Waals surface area contributed by atoms with Gasteiger partial charge in [-0.2, -0.15) is 0 Å². The molecule has 0 saturated heterocycles. The maximum atomic E-state index is 5.60. The van der Waals surface area contributed by atoms with Gasteiger partial charge in [0.05, 0.1) is 18.0 Å². The van der Waals surface area contributed by atoms with Gasteiger partial charge in [0, 0.05) is 6.07 Å². The summed E-state index contributed by atoms with van der Waals surface area (Å²) in [6, 6.07) is 1.84. The highest BCUT2D eigenvalue weighted by atomic mass is 16.5. The normalized spacial score (nSPS) is 10.3. The van der Waals surface area contributed by atoms with E-state index in [0.29, 0.717) is 11.6 Å². The highest BCUT2D eigenvalue weighted by Gasteiger charge is 2.00. The van der Waals surface area contributed by atoms with Crippen LogP contribution in [0.3, 0.4) is 0 Å². The molecule has 1 aromatic rings.